The lowest BCUT2D eigenvalue weighted by atomic mass is 10.2. The topological polar surface area (TPSA) is 41.6 Å². The van der Waals surface area contributed by atoms with Crippen molar-refractivity contribution in [1.29, 1.82) is 0 Å². The highest BCUT2D eigenvalue weighted by Gasteiger charge is 2.17. The first-order valence-corrected chi connectivity index (χ1v) is 7.00. The third-order valence-corrected chi connectivity index (χ3v) is 3.32. The largest absolute Gasteiger partial charge is 0.494 e. The van der Waals surface area contributed by atoms with Crippen LogP contribution in [0.25, 0.3) is 0 Å². The van der Waals surface area contributed by atoms with E-state index < -0.39 is 0 Å². The fraction of sp³-hybridized carbons (Fsp3) is 0.533. The zero-order valence-electron chi connectivity index (χ0n) is 11.5. The van der Waals surface area contributed by atoms with E-state index in [1.54, 1.807) is 0 Å². The number of ether oxygens (including phenoxy) is 1. The van der Waals surface area contributed by atoms with E-state index in [2.05, 4.69) is 5.32 Å². The van der Waals surface area contributed by atoms with Crippen molar-refractivity contribution in [1.82, 2.24) is 10.2 Å². The van der Waals surface area contributed by atoms with Crippen LogP contribution in [0.3, 0.4) is 0 Å². The van der Waals surface area contributed by atoms with Crippen LogP contribution in [0.15, 0.2) is 24.3 Å². The fourth-order valence-electron chi connectivity index (χ4n) is 2.33. The molecule has 1 aromatic rings. The average molecular weight is 262 g/mol. The summed E-state index contributed by atoms with van der Waals surface area (Å²) in [6.45, 7) is 5.52. The molecule has 1 N–H and O–H groups in total. The normalized spacial score (nSPS) is 14.7. The molecule has 4 nitrogen and oxygen atoms in total. The number of carbonyl (C=O) groups excluding carboxylic acids is 1. The van der Waals surface area contributed by atoms with Gasteiger partial charge in [0.05, 0.1) is 13.2 Å². The second-order valence-electron chi connectivity index (χ2n) is 4.73. The Morgan fingerprint density at radius 2 is 2.05 bits per heavy atom. The van der Waals surface area contributed by atoms with Crippen LogP contribution in [0.2, 0.25) is 0 Å². The summed E-state index contributed by atoms with van der Waals surface area (Å²) < 4.78 is 5.56. The summed E-state index contributed by atoms with van der Waals surface area (Å²) in [4.78, 5) is 13.8. The third kappa shape index (κ3) is 3.96. The fourth-order valence-corrected chi connectivity index (χ4v) is 2.33. The molecule has 0 bridgehead atoms. The Balaban J connectivity index is 1.80. The van der Waals surface area contributed by atoms with Crippen molar-refractivity contribution in [2.24, 2.45) is 0 Å². The number of likely N-dealkylation sites (tertiary alicyclic amines) is 1. The molecule has 1 saturated heterocycles. The van der Waals surface area contributed by atoms with Gasteiger partial charge in [-0.3, -0.25) is 4.79 Å². The third-order valence-electron chi connectivity index (χ3n) is 3.32. The number of carbonyl (C=O) groups is 1. The molecule has 1 aliphatic rings. The second-order valence-corrected chi connectivity index (χ2v) is 4.73. The maximum Gasteiger partial charge on any atom is 0.236 e. The molecular formula is C15H22N2O2. The number of amides is 1. The summed E-state index contributed by atoms with van der Waals surface area (Å²) in [6.07, 6.45) is 2.28. The summed E-state index contributed by atoms with van der Waals surface area (Å²) in [5.41, 5.74) is 1.10. The summed E-state index contributed by atoms with van der Waals surface area (Å²) in [5.74, 6) is 1.09. The van der Waals surface area contributed by atoms with Crippen LogP contribution in [0.4, 0.5) is 0 Å². The molecule has 0 aromatic heterocycles. The zero-order chi connectivity index (χ0) is 13.5. The molecule has 19 heavy (non-hydrogen) atoms. The van der Waals surface area contributed by atoms with Crippen LogP contribution in [-0.2, 0) is 11.3 Å². The Hall–Kier alpha value is -1.55. The Morgan fingerprint density at radius 3 is 2.79 bits per heavy atom. The smallest absolute Gasteiger partial charge is 0.236 e. The van der Waals surface area contributed by atoms with E-state index in [9.17, 15) is 4.79 Å². The molecule has 2 rings (SSSR count). The van der Waals surface area contributed by atoms with Crippen molar-refractivity contribution in [3.63, 3.8) is 0 Å². The lowest BCUT2D eigenvalue weighted by Crippen LogP contribution is -2.36. The molecule has 1 aliphatic heterocycles. The molecule has 0 spiro atoms. The maximum absolute atomic E-state index is 11.9. The first-order chi connectivity index (χ1) is 9.31. The van der Waals surface area contributed by atoms with Gasteiger partial charge in [-0.2, -0.15) is 0 Å². The molecule has 1 amide bonds. The van der Waals surface area contributed by atoms with Crippen LogP contribution in [-0.4, -0.2) is 37.0 Å². The Kier molecular flexibility index (Phi) is 5.21. The predicted octanol–water partition coefficient (Wildman–Crippen LogP) is 1.80. The Labute approximate surface area is 114 Å². The van der Waals surface area contributed by atoms with Gasteiger partial charge in [0, 0.05) is 25.2 Å². The molecule has 0 atom stereocenters. The van der Waals surface area contributed by atoms with E-state index in [1.807, 2.05) is 36.1 Å². The van der Waals surface area contributed by atoms with Crippen molar-refractivity contribution in [3.05, 3.63) is 29.8 Å². The zero-order valence-corrected chi connectivity index (χ0v) is 11.5. The average Bonchev–Trinajstić information content (AvgIpc) is 2.95. The SMILES string of the molecule is CCOc1ccccc1CNCC(=O)N1CCCC1. The number of nitrogens with one attached hydrogen (secondary N) is 1. The van der Waals surface area contributed by atoms with Crippen molar-refractivity contribution < 1.29 is 9.53 Å². The standard InChI is InChI=1S/C15H22N2O2/c1-2-19-14-8-4-3-7-13(14)11-16-12-15(18)17-9-5-6-10-17/h3-4,7-8,16H,2,5-6,9-12H2,1H3. The van der Waals surface area contributed by atoms with E-state index in [1.165, 1.54) is 0 Å². The lowest BCUT2D eigenvalue weighted by molar-refractivity contribution is -0.129. The van der Waals surface area contributed by atoms with Crippen molar-refractivity contribution in [2.45, 2.75) is 26.3 Å². The van der Waals surface area contributed by atoms with Crippen LogP contribution in [0.1, 0.15) is 25.3 Å². The molecule has 0 radical (unpaired) electrons. The quantitative estimate of drug-likeness (QED) is 0.850. The monoisotopic (exact) mass is 262 g/mol. The van der Waals surface area contributed by atoms with Gasteiger partial charge in [0.15, 0.2) is 0 Å². The summed E-state index contributed by atoms with van der Waals surface area (Å²) >= 11 is 0. The number of benzene rings is 1. The summed E-state index contributed by atoms with van der Waals surface area (Å²) in [7, 11) is 0. The van der Waals surface area contributed by atoms with Crippen molar-refractivity contribution in [3.8, 4) is 5.75 Å². The predicted molar refractivity (Wildman–Crippen MR) is 75.1 cm³/mol. The van der Waals surface area contributed by atoms with Crippen molar-refractivity contribution in [2.75, 3.05) is 26.2 Å². The minimum Gasteiger partial charge on any atom is -0.494 e. The summed E-state index contributed by atoms with van der Waals surface area (Å²) in [6, 6.07) is 7.94. The molecule has 0 saturated carbocycles. The number of para-hydroxylation sites is 1. The Morgan fingerprint density at radius 1 is 1.32 bits per heavy atom. The van der Waals surface area contributed by atoms with E-state index in [4.69, 9.17) is 4.74 Å². The highest BCUT2D eigenvalue weighted by molar-refractivity contribution is 5.78. The number of hydrogen-bond acceptors (Lipinski definition) is 3. The minimum absolute atomic E-state index is 0.200. The van der Waals surface area contributed by atoms with Gasteiger partial charge < -0.3 is 15.0 Å². The minimum atomic E-state index is 0.200. The molecule has 0 aliphatic carbocycles. The first-order valence-electron chi connectivity index (χ1n) is 7.00. The van der Waals surface area contributed by atoms with Gasteiger partial charge in [-0.05, 0) is 25.8 Å². The van der Waals surface area contributed by atoms with Gasteiger partial charge in [0.1, 0.15) is 5.75 Å². The molecule has 1 fully saturated rings. The van der Waals surface area contributed by atoms with Gasteiger partial charge in [0.2, 0.25) is 5.91 Å². The van der Waals surface area contributed by atoms with Crippen LogP contribution in [0, 0.1) is 0 Å². The van der Waals surface area contributed by atoms with E-state index in [-0.39, 0.29) is 5.91 Å². The van der Waals surface area contributed by atoms with E-state index in [0.717, 1.165) is 37.2 Å². The molecule has 4 heteroatoms. The van der Waals surface area contributed by atoms with Gasteiger partial charge in [-0.15, -0.1) is 0 Å². The van der Waals surface area contributed by atoms with Gasteiger partial charge in [-0.25, -0.2) is 0 Å². The molecule has 1 heterocycles. The molecule has 1 aromatic carbocycles. The lowest BCUT2D eigenvalue weighted by Gasteiger charge is -2.16. The number of hydrogen-bond donors (Lipinski definition) is 1. The van der Waals surface area contributed by atoms with Gasteiger partial charge in [0.25, 0.3) is 0 Å². The number of rotatable bonds is 6. The van der Waals surface area contributed by atoms with Gasteiger partial charge in [-0.1, -0.05) is 18.2 Å². The van der Waals surface area contributed by atoms with Crippen LogP contribution < -0.4 is 10.1 Å². The molecule has 104 valence electrons. The van der Waals surface area contributed by atoms with Gasteiger partial charge >= 0.3 is 0 Å². The second kappa shape index (κ2) is 7.14. The number of nitrogens with zero attached hydrogens (tertiary/aromatic N) is 1. The van der Waals surface area contributed by atoms with Crippen molar-refractivity contribution >= 4 is 5.91 Å². The molecule has 0 unspecified atom stereocenters. The summed E-state index contributed by atoms with van der Waals surface area (Å²) in [5, 5.41) is 3.21. The van der Waals surface area contributed by atoms with E-state index in [0.29, 0.717) is 19.7 Å². The molecular weight excluding hydrogens is 240 g/mol. The van der Waals surface area contributed by atoms with Crippen LogP contribution in [0.5, 0.6) is 5.75 Å². The highest BCUT2D eigenvalue weighted by Crippen LogP contribution is 2.17. The maximum atomic E-state index is 11.9. The van der Waals surface area contributed by atoms with Crippen LogP contribution >= 0.6 is 0 Å². The first kappa shape index (κ1) is 13.9. The highest BCUT2D eigenvalue weighted by atomic mass is 16.5. The van der Waals surface area contributed by atoms with E-state index >= 15 is 0 Å². The Bertz CT molecular complexity index is 414.